The number of rotatable bonds is 6. The van der Waals surface area contributed by atoms with Crippen LogP contribution in [-0.4, -0.2) is 13.7 Å². The number of aryl methyl sites for hydroxylation is 6. The topological polar surface area (TPSA) is 116 Å². The summed E-state index contributed by atoms with van der Waals surface area (Å²) < 4.78 is 21.6. The summed E-state index contributed by atoms with van der Waals surface area (Å²) in [5, 5.41) is 0. The third-order valence-corrected chi connectivity index (χ3v) is 3.92. The fourth-order valence-corrected chi connectivity index (χ4v) is 2.68. The Kier molecular flexibility index (Phi) is 19.2. The van der Waals surface area contributed by atoms with Crippen LogP contribution in [0.3, 0.4) is 0 Å². The molecule has 190 valence electrons. The average Bonchev–Trinajstić information content (AvgIpc) is 3.39. The van der Waals surface area contributed by atoms with E-state index in [0.29, 0.717) is 0 Å². The van der Waals surface area contributed by atoms with Gasteiger partial charge >= 0.3 is 0 Å². The van der Waals surface area contributed by atoms with Gasteiger partial charge in [-0.05, 0) is 27.0 Å². The summed E-state index contributed by atoms with van der Waals surface area (Å²) in [6, 6.07) is 0. The predicted molar refractivity (Wildman–Crippen MR) is 119 cm³/mol. The van der Waals surface area contributed by atoms with Gasteiger partial charge in [0.05, 0.1) is 40.8 Å². The zero-order chi connectivity index (χ0) is 24.6. The Bertz CT molecular complexity index is 796. The second-order valence-electron chi connectivity index (χ2n) is 7.49. The van der Waals surface area contributed by atoms with E-state index in [2.05, 4.69) is 110 Å². The first-order valence-corrected chi connectivity index (χ1v) is 12.4. The van der Waals surface area contributed by atoms with E-state index in [4.69, 9.17) is 14.4 Å². The highest BCUT2D eigenvalue weighted by atomic mass is 127. The second-order valence-corrected chi connectivity index (χ2v) is 8.57. The number of hydrogen-bond acceptors (Lipinski definition) is 3. The van der Waals surface area contributed by atoms with Gasteiger partial charge in [-0.15, -0.1) is 0 Å². The van der Waals surface area contributed by atoms with Crippen molar-refractivity contribution in [2.75, 3.05) is 0 Å². The predicted octanol–water partition coefficient (Wildman–Crippen LogP) is -3.05. The third-order valence-electron chi connectivity index (χ3n) is 3.92. The van der Waals surface area contributed by atoms with Crippen molar-refractivity contribution in [2.24, 2.45) is 26.6 Å². The van der Waals surface area contributed by atoms with E-state index < -0.39 is 7.75 Å². The minimum atomic E-state index is -4.64. The average molecular weight is 597 g/mol. The van der Waals surface area contributed by atoms with Gasteiger partial charge in [0, 0.05) is 0 Å². The first-order valence-electron chi connectivity index (χ1n) is 10.8. The van der Waals surface area contributed by atoms with Gasteiger partial charge in [-0.3, -0.25) is 0 Å². The molecule has 0 saturated heterocycles. The number of nitrogens with zero attached hydrogens (tertiary/aromatic N) is 6. The molecule has 3 aromatic heterocycles. The quantitative estimate of drug-likeness (QED) is 0.185. The van der Waals surface area contributed by atoms with Crippen molar-refractivity contribution >= 4 is 7.75 Å². The highest BCUT2D eigenvalue weighted by molar-refractivity contribution is 7.45. The Labute approximate surface area is 215 Å². The van der Waals surface area contributed by atoms with Gasteiger partial charge in [0.25, 0.3) is 0 Å². The molecule has 10 nitrogen and oxygen atoms in total. The first-order chi connectivity index (χ1) is 15.0. The van der Waals surface area contributed by atoms with Crippen LogP contribution in [0.1, 0.15) is 40.0 Å². The molecule has 0 unspecified atom stereocenters. The lowest BCUT2D eigenvalue weighted by Crippen LogP contribution is -3.00. The van der Waals surface area contributed by atoms with Crippen LogP contribution in [0.15, 0.2) is 56.2 Å². The normalized spacial score (nSPS) is 9.97. The number of aromatic nitrogens is 6. The Morgan fingerprint density at radius 3 is 1.03 bits per heavy atom. The van der Waals surface area contributed by atoms with Crippen LogP contribution in [-0.2, 0) is 45.3 Å². The Morgan fingerprint density at radius 1 is 0.697 bits per heavy atom. The van der Waals surface area contributed by atoms with Crippen LogP contribution < -0.4 is 53.0 Å². The van der Waals surface area contributed by atoms with Crippen molar-refractivity contribution in [1.82, 2.24) is 13.7 Å². The van der Waals surface area contributed by atoms with Gasteiger partial charge in [0.15, 0.2) is 0 Å². The molecule has 0 saturated carbocycles. The minimum absolute atomic E-state index is 0. The van der Waals surface area contributed by atoms with Crippen molar-refractivity contribution in [3.63, 3.8) is 0 Å². The molecule has 0 bridgehead atoms. The molecule has 0 aliphatic heterocycles. The monoisotopic (exact) mass is 597 g/mol. The van der Waals surface area contributed by atoms with Crippen LogP contribution in [0, 0.1) is 0 Å². The van der Waals surface area contributed by atoms with E-state index >= 15 is 0 Å². The summed E-state index contributed by atoms with van der Waals surface area (Å²) in [6.45, 7) is 9.92. The molecule has 3 rings (SSSR count). The molecule has 0 fully saturated rings. The van der Waals surface area contributed by atoms with Crippen molar-refractivity contribution in [1.29, 1.82) is 0 Å². The van der Waals surface area contributed by atoms with Gasteiger partial charge in [-0.1, -0.05) is 20.8 Å². The summed E-state index contributed by atoms with van der Waals surface area (Å²) in [5.41, 5.74) is 3.80. The first kappa shape index (κ1) is 33.6. The van der Waals surface area contributed by atoms with Crippen LogP contribution in [0.5, 0.6) is 0 Å². The highest BCUT2D eigenvalue weighted by Gasteiger charge is 1.96. The zero-order valence-corrected chi connectivity index (χ0v) is 23.8. The second kappa shape index (κ2) is 18.8. The van der Waals surface area contributed by atoms with Gasteiger partial charge in [-0.2, -0.15) is 0 Å². The third kappa shape index (κ3) is 20.8. The molecule has 0 atom stereocenters. The van der Waals surface area contributed by atoms with E-state index in [1.807, 2.05) is 21.1 Å². The SMILES string of the molecule is CCCn1cc[n+](C)c1.CCCn1cc[n+](C)c1.CCCn1cc[n+](C)c1.NP(=O)([O-])[O-].[I-]. The summed E-state index contributed by atoms with van der Waals surface area (Å²) in [5.74, 6) is 0. The zero-order valence-electron chi connectivity index (χ0n) is 20.7. The largest absolute Gasteiger partial charge is 1.00 e. The standard InChI is InChI=1S/3C7H13N2.HI.H4NO3P/c3*1-3-4-9-6-5-8(2)7-9;;1-5(2,3)4/h3*5-7H,3-4H2,1-2H3;1H;(H4,1,2,3,4)/q3*+1;;/p-3. The van der Waals surface area contributed by atoms with Gasteiger partial charge < -0.3 is 43.8 Å². The maximum atomic E-state index is 8.88. The molecule has 12 heteroatoms. The van der Waals surface area contributed by atoms with Crippen molar-refractivity contribution in [3.05, 3.63) is 56.2 Å². The molecular formula is C21H41IN7O3P. The van der Waals surface area contributed by atoms with Gasteiger partial charge in [-0.25, -0.2) is 27.4 Å². The molecule has 0 amide bonds. The number of halogens is 1. The molecular weight excluding hydrogens is 556 g/mol. The summed E-state index contributed by atoms with van der Waals surface area (Å²) in [4.78, 5) is 17.8. The van der Waals surface area contributed by atoms with Crippen LogP contribution >= 0.6 is 7.75 Å². The molecule has 0 radical (unpaired) electrons. The lowest BCUT2D eigenvalue weighted by atomic mass is 10.5. The molecule has 2 N–H and O–H groups in total. The van der Waals surface area contributed by atoms with E-state index in [-0.39, 0.29) is 24.0 Å². The molecule has 0 spiro atoms. The lowest BCUT2D eigenvalue weighted by Gasteiger charge is -2.21. The van der Waals surface area contributed by atoms with Gasteiger partial charge in [0.2, 0.25) is 19.0 Å². The fraction of sp³-hybridized carbons (Fsp3) is 0.571. The van der Waals surface area contributed by atoms with E-state index in [1.54, 1.807) is 0 Å². The molecule has 0 aliphatic rings. The lowest BCUT2D eigenvalue weighted by molar-refractivity contribution is -0.671. The van der Waals surface area contributed by atoms with Crippen molar-refractivity contribution in [2.45, 2.75) is 59.7 Å². The van der Waals surface area contributed by atoms with Gasteiger partial charge in [0.1, 0.15) is 37.2 Å². The molecule has 33 heavy (non-hydrogen) atoms. The van der Waals surface area contributed by atoms with Crippen LogP contribution in [0.4, 0.5) is 0 Å². The molecule has 0 aromatic carbocycles. The number of hydrogen-bond donors (Lipinski definition) is 1. The van der Waals surface area contributed by atoms with Crippen LogP contribution in [0.25, 0.3) is 0 Å². The summed E-state index contributed by atoms with van der Waals surface area (Å²) in [6.07, 6.45) is 22.3. The Balaban J connectivity index is 0. The van der Waals surface area contributed by atoms with E-state index in [9.17, 15) is 0 Å². The maximum absolute atomic E-state index is 8.88. The highest BCUT2D eigenvalue weighted by Crippen LogP contribution is 2.04. The molecule has 3 heterocycles. The Morgan fingerprint density at radius 2 is 0.909 bits per heavy atom. The molecule has 3 aromatic rings. The van der Waals surface area contributed by atoms with Crippen molar-refractivity contribution in [3.8, 4) is 0 Å². The van der Waals surface area contributed by atoms with E-state index in [0.717, 1.165) is 19.6 Å². The van der Waals surface area contributed by atoms with Crippen LogP contribution in [0.2, 0.25) is 0 Å². The molecule has 0 aliphatic carbocycles. The Hall–Kier alpha value is -1.53. The summed E-state index contributed by atoms with van der Waals surface area (Å²) >= 11 is 0. The number of nitrogens with two attached hydrogens (primary N) is 1. The fourth-order valence-electron chi connectivity index (χ4n) is 2.68. The maximum Gasteiger partial charge on any atom is 0.243 e. The number of imidazole rings is 3. The van der Waals surface area contributed by atoms with Crippen molar-refractivity contribution < 1.29 is 52.0 Å². The van der Waals surface area contributed by atoms with E-state index in [1.165, 1.54) is 19.3 Å². The minimum Gasteiger partial charge on any atom is -1.00 e. The summed E-state index contributed by atoms with van der Waals surface area (Å²) in [7, 11) is 1.46. The smallest absolute Gasteiger partial charge is 0.243 e.